The van der Waals surface area contributed by atoms with E-state index < -0.39 is 11.7 Å². The number of allylic oxidation sites excluding steroid dienone is 1. The number of hydrogen-bond acceptors (Lipinski definition) is 3. The number of hydrogen-bond donors (Lipinski definition) is 1. The summed E-state index contributed by atoms with van der Waals surface area (Å²) in [6.45, 7) is 9.23. The zero-order valence-corrected chi connectivity index (χ0v) is 10.3. The molecule has 0 aromatic heterocycles. The largest absolute Gasteiger partial charge is 0.442 e. The molecule has 0 bridgehead atoms. The quantitative estimate of drug-likeness (QED) is 0.425. The first-order valence-electron chi connectivity index (χ1n) is 5.67. The maximum atomic E-state index is 11.6. The van der Waals surface area contributed by atoms with Crippen LogP contribution in [0.1, 0.15) is 46.5 Å². The van der Waals surface area contributed by atoms with Gasteiger partial charge in [-0.1, -0.05) is 12.2 Å². The fourth-order valence-electron chi connectivity index (χ4n) is 1.71. The van der Waals surface area contributed by atoms with Crippen LogP contribution in [0.25, 0.3) is 0 Å². The van der Waals surface area contributed by atoms with Crippen LogP contribution in [0.4, 0.5) is 4.79 Å². The number of rotatable bonds is 1. The van der Waals surface area contributed by atoms with E-state index in [4.69, 9.17) is 4.74 Å². The van der Waals surface area contributed by atoms with E-state index in [0.717, 1.165) is 30.7 Å². The number of carbonyl (C=O) groups is 1. The van der Waals surface area contributed by atoms with Gasteiger partial charge in [-0.25, -0.2) is 4.79 Å². The summed E-state index contributed by atoms with van der Waals surface area (Å²) in [5.74, 6) is 0. The van der Waals surface area contributed by atoms with Gasteiger partial charge >= 0.3 is 6.09 Å². The maximum absolute atomic E-state index is 11.6. The van der Waals surface area contributed by atoms with Crippen LogP contribution in [0.2, 0.25) is 0 Å². The third-order valence-corrected chi connectivity index (χ3v) is 2.59. The monoisotopic (exact) mass is 227 g/mol. The van der Waals surface area contributed by atoms with Gasteiger partial charge in [0.15, 0.2) is 0 Å². The standard InChI is InChI=1S/C12H21NO3/c1-9-5-7-10(8-6-9)13(15)11(14)16-12(2,3)4/h10,15H,1,5-8H2,2-4H3. The van der Waals surface area contributed by atoms with Crippen LogP contribution in [0.5, 0.6) is 0 Å². The van der Waals surface area contributed by atoms with E-state index >= 15 is 0 Å². The molecular formula is C12H21NO3. The highest BCUT2D eigenvalue weighted by Crippen LogP contribution is 2.25. The van der Waals surface area contributed by atoms with Crippen molar-refractivity contribution in [3.05, 3.63) is 12.2 Å². The SMILES string of the molecule is C=C1CCC(N(O)C(=O)OC(C)(C)C)CC1. The molecule has 4 nitrogen and oxygen atoms in total. The van der Waals surface area contributed by atoms with Gasteiger partial charge in [-0.15, -0.1) is 0 Å². The highest BCUT2D eigenvalue weighted by Gasteiger charge is 2.28. The predicted octanol–water partition coefficient (Wildman–Crippen LogP) is 3.11. The zero-order valence-electron chi connectivity index (χ0n) is 10.3. The van der Waals surface area contributed by atoms with Crippen LogP contribution < -0.4 is 0 Å². The average molecular weight is 227 g/mol. The molecular weight excluding hydrogens is 206 g/mol. The van der Waals surface area contributed by atoms with Crippen molar-refractivity contribution in [3.63, 3.8) is 0 Å². The van der Waals surface area contributed by atoms with Crippen LogP contribution in [0, 0.1) is 0 Å². The first-order chi connectivity index (χ1) is 7.29. The summed E-state index contributed by atoms with van der Waals surface area (Å²) in [5.41, 5.74) is 0.616. The Morgan fingerprint density at radius 1 is 1.44 bits per heavy atom. The lowest BCUT2D eigenvalue weighted by atomic mass is 9.92. The van der Waals surface area contributed by atoms with Gasteiger partial charge in [0.2, 0.25) is 0 Å². The first kappa shape index (κ1) is 13.0. The minimum atomic E-state index is -0.662. The van der Waals surface area contributed by atoms with E-state index in [1.807, 2.05) is 0 Å². The molecule has 0 saturated heterocycles. The van der Waals surface area contributed by atoms with Crippen LogP contribution in [0.3, 0.4) is 0 Å². The second-order valence-corrected chi connectivity index (χ2v) is 5.31. The van der Waals surface area contributed by atoms with Gasteiger partial charge in [0.05, 0.1) is 6.04 Å². The second-order valence-electron chi connectivity index (χ2n) is 5.31. The molecule has 1 rings (SSSR count). The Morgan fingerprint density at radius 3 is 2.38 bits per heavy atom. The molecule has 1 aliphatic rings. The van der Waals surface area contributed by atoms with Gasteiger partial charge < -0.3 is 4.74 Å². The summed E-state index contributed by atoms with van der Waals surface area (Å²) in [5, 5.41) is 10.5. The van der Waals surface area contributed by atoms with Crippen molar-refractivity contribution in [2.24, 2.45) is 0 Å². The van der Waals surface area contributed by atoms with Gasteiger partial charge in [0.1, 0.15) is 5.60 Å². The molecule has 1 amide bonds. The highest BCUT2D eigenvalue weighted by atomic mass is 16.6. The Bertz CT molecular complexity index is 270. The lowest BCUT2D eigenvalue weighted by molar-refractivity contribution is -0.124. The first-order valence-corrected chi connectivity index (χ1v) is 5.67. The van der Waals surface area contributed by atoms with Crippen molar-refractivity contribution in [2.75, 3.05) is 0 Å². The molecule has 0 aromatic carbocycles. The lowest BCUT2D eigenvalue weighted by Crippen LogP contribution is -2.42. The number of amides is 1. The molecule has 0 atom stereocenters. The average Bonchev–Trinajstić information content (AvgIpc) is 2.15. The van der Waals surface area contributed by atoms with Crippen molar-refractivity contribution in [3.8, 4) is 0 Å². The molecule has 0 spiro atoms. The van der Waals surface area contributed by atoms with Crippen molar-refractivity contribution in [1.82, 2.24) is 5.06 Å². The molecule has 92 valence electrons. The Kier molecular flexibility index (Phi) is 3.97. The summed E-state index contributed by atoms with van der Waals surface area (Å²) >= 11 is 0. The molecule has 0 aliphatic heterocycles. The van der Waals surface area contributed by atoms with Crippen LogP contribution in [-0.2, 0) is 4.74 Å². The van der Waals surface area contributed by atoms with E-state index in [-0.39, 0.29) is 6.04 Å². The van der Waals surface area contributed by atoms with Gasteiger partial charge in [-0.3, -0.25) is 5.21 Å². The van der Waals surface area contributed by atoms with Gasteiger partial charge in [-0.2, -0.15) is 5.06 Å². The van der Waals surface area contributed by atoms with Crippen molar-refractivity contribution in [1.29, 1.82) is 0 Å². The molecule has 0 heterocycles. The van der Waals surface area contributed by atoms with Gasteiger partial charge in [0, 0.05) is 0 Å². The normalized spacial score (nSPS) is 18.4. The molecule has 16 heavy (non-hydrogen) atoms. The van der Waals surface area contributed by atoms with Crippen LogP contribution >= 0.6 is 0 Å². The number of nitrogens with zero attached hydrogens (tertiary/aromatic N) is 1. The van der Waals surface area contributed by atoms with E-state index in [1.165, 1.54) is 5.57 Å². The van der Waals surface area contributed by atoms with E-state index in [0.29, 0.717) is 0 Å². The molecule has 0 aromatic rings. The molecule has 0 radical (unpaired) electrons. The van der Waals surface area contributed by atoms with Crippen LogP contribution in [-0.4, -0.2) is 28.0 Å². The topological polar surface area (TPSA) is 49.8 Å². The summed E-state index contributed by atoms with van der Waals surface area (Å²) < 4.78 is 5.09. The zero-order chi connectivity index (χ0) is 12.3. The van der Waals surface area contributed by atoms with E-state index in [2.05, 4.69) is 6.58 Å². The molecule has 1 fully saturated rings. The summed E-state index contributed by atoms with van der Waals surface area (Å²) in [4.78, 5) is 11.6. The minimum Gasteiger partial charge on any atom is -0.442 e. The molecule has 0 unspecified atom stereocenters. The third-order valence-electron chi connectivity index (χ3n) is 2.59. The third kappa shape index (κ3) is 3.85. The summed E-state index contributed by atoms with van der Waals surface area (Å²) in [6.07, 6.45) is 2.59. The molecule has 1 aliphatic carbocycles. The smallest absolute Gasteiger partial charge is 0.434 e. The van der Waals surface area contributed by atoms with Crippen molar-refractivity contribution in [2.45, 2.75) is 58.1 Å². The Morgan fingerprint density at radius 2 is 1.94 bits per heavy atom. The Labute approximate surface area is 96.8 Å². The van der Waals surface area contributed by atoms with Crippen molar-refractivity contribution < 1.29 is 14.7 Å². The van der Waals surface area contributed by atoms with Gasteiger partial charge in [0.25, 0.3) is 0 Å². The minimum absolute atomic E-state index is 0.139. The lowest BCUT2D eigenvalue weighted by Gasteiger charge is -2.31. The van der Waals surface area contributed by atoms with E-state index in [9.17, 15) is 10.0 Å². The summed E-state index contributed by atoms with van der Waals surface area (Å²) in [7, 11) is 0. The Hall–Kier alpha value is -1.03. The summed E-state index contributed by atoms with van der Waals surface area (Å²) in [6, 6.07) is -0.139. The molecule has 1 saturated carbocycles. The number of ether oxygens (including phenoxy) is 1. The van der Waals surface area contributed by atoms with Crippen LogP contribution in [0.15, 0.2) is 12.2 Å². The van der Waals surface area contributed by atoms with Gasteiger partial charge in [-0.05, 0) is 46.5 Å². The fraction of sp³-hybridized carbons (Fsp3) is 0.750. The number of hydroxylamine groups is 2. The fourth-order valence-corrected chi connectivity index (χ4v) is 1.71. The van der Waals surface area contributed by atoms with E-state index in [1.54, 1.807) is 20.8 Å². The molecule has 4 heteroatoms. The highest BCUT2D eigenvalue weighted by molar-refractivity contribution is 5.67. The number of carbonyl (C=O) groups excluding carboxylic acids is 1. The molecule has 1 N–H and O–H groups in total. The second kappa shape index (κ2) is 4.87. The maximum Gasteiger partial charge on any atom is 0.434 e. The van der Waals surface area contributed by atoms with Crippen molar-refractivity contribution >= 4 is 6.09 Å². The Balaban J connectivity index is 2.47. The predicted molar refractivity (Wildman–Crippen MR) is 61.3 cm³/mol.